The van der Waals surface area contributed by atoms with E-state index in [-0.39, 0.29) is 0 Å². The standard InChI is InChI=1S/C65H40N2O4/c1-3-4-13-43-38(2)68-60-35-29-41(36-52(43)60)66(55-19-11-17-48-45-15-6-9-22-58(45)70-64(48)55)53-33-26-39-25-31-51-54(34-27-40-24-30-50(53)62(39)63(40)51)67(42-28-32-47-44-14-5-8-21-57(44)69-61(47)37-42)56-20-12-18-49-46-16-7-10-23-59(46)71-65(49)56/h3-37H,1H2,2H3/b13-4-. The van der Waals surface area contributed by atoms with Gasteiger partial charge in [0, 0.05) is 65.8 Å². The van der Waals surface area contributed by atoms with E-state index in [0.717, 1.165) is 144 Å². The number of hydrogen-bond donors (Lipinski definition) is 0. The van der Waals surface area contributed by atoms with Gasteiger partial charge in [-0.1, -0.05) is 140 Å². The van der Waals surface area contributed by atoms with Crippen molar-refractivity contribution in [3.05, 3.63) is 224 Å². The van der Waals surface area contributed by atoms with Gasteiger partial charge in [-0.2, -0.15) is 0 Å². The van der Waals surface area contributed by atoms with Gasteiger partial charge in [-0.3, -0.25) is 0 Å². The van der Waals surface area contributed by atoms with Crippen molar-refractivity contribution >= 4 is 149 Å². The van der Waals surface area contributed by atoms with Crippen LogP contribution in [0.25, 0.3) is 115 Å². The van der Waals surface area contributed by atoms with Gasteiger partial charge in [-0.05, 0) is 101 Å². The predicted molar refractivity (Wildman–Crippen MR) is 295 cm³/mol. The Bertz CT molecular complexity index is 4710. The van der Waals surface area contributed by atoms with E-state index in [9.17, 15) is 0 Å². The van der Waals surface area contributed by atoms with Crippen molar-refractivity contribution in [2.75, 3.05) is 9.80 Å². The molecule has 0 N–H and O–H groups in total. The Kier molecular flexibility index (Phi) is 8.33. The molecule has 334 valence electrons. The summed E-state index contributed by atoms with van der Waals surface area (Å²) in [7, 11) is 0. The lowest BCUT2D eigenvalue weighted by atomic mass is 9.91. The quantitative estimate of drug-likeness (QED) is 0.112. The van der Waals surface area contributed by atoms with Crippen molar-refractivity contribution in [2.45, 2.75) is 6.92 Å². The summed E-state index contributed by atoms with van der Waals surface area (Å²) in [6, 6.07) is 68.8. The fraction of sp³-hybridized carbons (Fsp3) is 0.0154. The molecule has 0 unspecified atom stereocenters. The Labute approximate surface area is 406 Å². The Hall–Kier alpha value is -9.52. The Morgan fingerprint density at radius 1 is 0.366 bits per heavy atom. The van der Waals surface area contributed by atoms with Crippen LogP contribution >= 0.6 is 0 Å². The third-order valence-corrected chi connectivity index (χ3v) is 14.5. The molecule has 0 radical (unpaired) electrons. The molecular weight excluding hydrogens is 873 g/mol. The molecule has 4 aromatic heterocycles. The van der Waals surface area contributed by atoms with Crippen LogP contribution in [0, 0.1) is 6.92 Å². The van der Waals surface area contributed by atoms with Crippen LogP contribution in [0.15, 0.2) is 231 Å². The Morgan fingerprint density at radius 2 is 0.831 bits per heavy atom. The highest BCUT2D eigenvalue weighted by Crippen LogP contribution is 2.51. The SMILES string of the molecule is C=C/C=C\c1c(C)oc2ccc(N(c3ccc4ccc5c(N(c6ccc7c(c6)oc6ccccc67)c6cccc7c6oc6ccccc67)ccc6ccc3c4c65)c3cccc4c3oc3ccccc34)cc12. The number of furan rings is 4. The lowest BCUT2D eigenvalue weighted by molar-refractivity contribution is 0.577. The van der Waals surface area contributed by atoms with Crippen molar-refractivity contribution in [1.82, 2.24) is 0 Å². The first kappa shape index (κ1) is 39.5. The van der Waals surface area contributed by atoms with Crippen LogP contribution in [0.4, 0.5) is 34.1 Å². The molecule has 0 saturated carbocycles. The van der Waals surface area contributed by atoms with Gasteiger partial charge in [0.15, 0.2) is 11.2 Å². The molecule has 71 heavy (non-hydrogen) atoms. The van der Waals surface area contributed by atoms with Gasteiger partial charge >= 0.3 is 0 Å². The molecule has 6 nitrogen and oxygen atoms in total. The first-order valence-corrected chi connectivity index (χ1v) is 23.9. The van der Waals surface area contributed by atoms with Crippen LogP contribution in [-0.2, 0) is 0 Å². The molecule has 0 aliphatic carbocycles. The monoisotopic (exact) mass is 912 g/mol. The molecule has 0 spiro atoms. The molecule has 0 fully saturated rings. The number of nitrogens with zero attached hydrogens (tertiary/aromatic N) is 2. The normalized spacial score (nSPS) is 12.3. The molecule has 0 amide bonds. The van der Waals surface area contributed by atoms with Gasteiger partial charge in [0.05, 0.1) is 28.4 Å². The predicted octanol–water partition coefficient (Wildman–Crippen LogP) is 19.5. The summed E-state index contributed by atoms with van der Waals surface area (Å²) in [5.41, 5.74) is 12.7. The summed E-state index contributed by atoms with van der Waals surface area (Å²) in [6.07, 6.45) is 5.83. The molecule has 0 aliphatic heterocycles. The maximum Gasteiger partial charge on any atom is 0.159 e. The van der Waals surface area contributed by atoms with Crippen LogP contribution in [0.3, 0.4) is 0 Å². The molecule has 11 aromatic carbocycles. The smallest absolute Gasteiger partial charge is 0.159 e. The molecule has 0 saturated heterocycles. The van der Waals surface area contributed by atoms with Crippen LogP contribution in [0.2, 0.25) is 0 Å². The summed E-state index contributed by atoms with van der Waals surface area (Å²) in [5.74, 6) is 0.850. The van der Waals surface area contributed by atoms with E-state index in [4.69, 9.17) is 17.7 Å². The van der Waals surface area contributed by atoms with E-state index in [1.807, 2.05) is 49.4 Å². The highest BCUT2D eigenvalue weighted by molar-refractivity contribution is 6.29. The first-order chi connectivity index (χ1) is 35.1. The van der Waals surface area contributed by atoms with Crippen molar-refractivity contribution < 1.29 is 17.7 Å². The van der Waals surface area contributed by atoms with Gasteiger partial charge in [0.25, 0.3) is 0 Å². The van der Waals surface area contributed by atoms with E-state index < -0.39 is 0 Å². The van der Waals surface area contributed by atoms with Gasteiger partial charge in [0.2, 0.25) is 0 Å². The van der Waals surface area contributed by atoms with E-state index >= 15 is 0 Å². The van der Waals surface area contributed by atoms with Crippen LogP contribution < -0.4 is 9.80 Å². The lowest BCUT2D eigenvalue weighted by Gasteiger charge is -2.29. The number of rotatable bonds is 8. The highest BCUT2D eigenvalue weighted by atomic mass is 16.3. The zero-order valence-electron chi connectivity index (χ0n) is 38.4. The molecule has 0 aliphatic rings. The van der Waals surface area contributed by atoms with Crippen molar-refractivity contribution in [2.24, 2.45) is 0 Å². The lowest BCUT2D eigenvalue weighted by Crippen LogP contribution is -2.12. The average Bonchev–Trinajstić information content (AvgIpc) is 4.18. The maximum atomic E-state index is 6.82. The molecular formula is C65H40N2O4. The van der Waals surface area contributed by atoms with Gasteiger partial charge < -0.3 is 27.5 Å². The average molecular weight is 913 g/mol. The minimum absolute atomic E-state index is 0.814. The molecule has 4 heterocycles. The number of para-hydroxylation sites is 5. The fourth-order valence-electron chi connectivity index (χ4n) is 11.4. The van der Waals surface area contributed by atoms with Crippen LogP contribution in [-0.4, -0.2) is 0 Å². The van der Waals surface area contributed by atoms with Crippen molar-refractivity contribution in [1.29, 1.82) is 0 Å². The van der Waals surface area contributed by atoms with Gasteiger partial charge in [-0.25, -0.2) is 0 Å². The number of anilines is 6. The molecule has 15 aromatic rings. The molecule has 0 atom stereocenters. The summed E-state index contributed by atoms with van der Waals surface area (Å²) in [4.78, 5) is 4.70. The van der Waals surface area contributed by atoms with E-state index in [1.165, 1.54) is 10.8 Å². The topological polar surface area (TPSA) is 59.0 Å². The van der Waals surface area contributed by atoms with Crippen molar-refractivity contribution in [3.63, 3.8) is 0 Å². The third-order valence-electron chi connectivity index (χ3n) is 14.5. The second-order valence-electron chi connectivity index (χ2n) is 18.4. The van der Waals surface area contributed by atoms with E-state index in [0.29, 0.717) is 0 Å². The number of benzene rings is 11. The summed E-state index contributed by atoms with van der Waals surface area (Å²) in [5, 5.41) is 14.3. The number of fused-ring (bicyclic) bond motifs is 10. The summed E-state index contributed by atoms with van der Waals surface area (Å²) >= 11 is 0. The molecule has 15 rings (SSSR count). The van der Waals surface area contributed by atoms with Gasteiger partial charge in [-0.15, -0.1) is 0 Å². The Morgan fingerprint density at radius 3 is 1.42 bits per heavy atom. The second kappa shape index (κ2) is 15.0. The van der Waals surface area contributed by atoms with Crippen LogP contribution in [0.5, 0.6) is 0 Å². The van der Waals surface area contributed by atoms with E-state index in [1.54, 1.807) is 6.08 Å². The number of hydrogen-bond acceptors (Lipinski definition) is 6. The Balaban J connectivity index is 1.00. The number of allylic oxidation sites excluding steroid dienone is 2. The van der Waals surface area contributed by atoms with Crippen molar-refractivity contribution in [3.8, 4) is 0 Å². The minimum Gasteiger partial charge on any atom is -0.461 e. The number of aryl methyl sites for hydroxylation is 1. The van der Waals surface area contributed by atoms with Crippen LogP contribution in [0.1, 0.15) is 11.3 Å². The summed E-state index contributed by atoms with van der Waals surface area (Å²) in [6.45, 7) is 5.96. The zero-order chi connectivity index (χ0) is 46.9. The van der Waals surface area contributed by atoms with Gasteiger partial charge in [0.1, 0.15) is 33.7 Å². The fourth-order valence-corrected chi connectivity index (χ4v) is 11.4. The second-order valence-corrected chi connectivity index (χ2v) is 18.4. The molecule has 6 heteroatoms. The minimum atomic E-state index is 0.814. The maximum absolute atomic E-state index is 6.82. The first-order valence-electron chi connectivity index (χ1n) is 23.9. The largest absolute Gasteiger partial charge is 0.461 e. The zero-order valence-corrected chi connectivity index (χ0v) is 38.4. The third kappa shape index (κ3) is 5.76. The van der Waals surface area contributed by atoms with E-state index in [2.05, 4.69) is 180 Å². The highest BCUT2D eigenvalue weighted by Gasteiger charge is 2.27. The summed E-state index contributed by atoms with van der Waals surface area (Å²) < 4.78 is 26.5. The molecule has 0 bridgehead atoms.